The first-order valence-corrected chi connectivity index (χ1v) is 9.21. The van der Waals surface area contributed by atoms with Gasteiger partial charge in [-0.05, 0) is 24.1 Å². The highest BCUT2D eigenvalue weighted by atomic mass is 32.1. The maximum Gasteiger partial charge on any atom is 0.276 e. The minimum atomic E-state index is -0.410. The first kappa shape index (κ1) is 17.1. The highest BCUT2D eigenvalue weighted by Gasteiger charge is 2.26. The van der Waals surface area contributed by atoms with Gasteiger partial charge in [-0.25, -0.2) is 4.98 Å². The standard InChI is InChI=1S/C19H15N5O2S/c1-11(25)24-7-6-12-13(8-20)19(27-17(12)10-24)23-18(26)16-9-21-14-4-2-3-5-15(14)22-16/h2-5,9H,6-7,10H2,1H3,(H,23,26). The Hall–Kier alpha value is -3.31. The molecule has 1 aromatic carbocycles. The van der Waals surface area contributed by atoms with Gasteiger partial charge in [0, 0.05) is 18.3 Å². The minimum Gasteiger partial charge on any atom is -0.337 e. The number of hydrogen-bond donors (Lipinski definition) is 1. The minimum absolute atomic E-state index is 0.00424. The number of anilines is 1. The highest BCUT2D eigenvalue weighted by Crippen LogP contribution is 2.36. The Morgan fingerprint density at radius 2 is 2.07 bits per heavy atom. The van der Waals surface area contributed by atoms with Crippen molar-refractivity contribution in [3.8, 4) is 6.07 Å². The van der Waals surface area contributed by atoms with Crippen molar-refractivity contribution in [1.82, 2.24) is 14.9 Å². The van der Waals surface area contributed by atoms with E-state index < -0.39 is 5.91 Å². The molecule has 1 N–H and O–H groups in total. The number of hydrogen-bond acceptors (Lipinski definition) is 6. The first-order chi connectivity index (χ1) is 13.1. The molecule has 7 nitrogen and oxygen atoms in total. The Morgan fingerprint density at radius 1 is 1.30 bits per heavy atom. The molecule has 1 aliphatic rings. The van der Waals surface area contributed by atoms with Crippen LogP contribution in [0.4, 0.5) is 5.00 Å². The first-order valence-electron chi connectivity index (χ1n) is 8.40. The van der Waals surface area contributed by atoms with Gasteiger partial charge in [0.05, 0.1) is 29.3 Å². The van der Waals surface area contributed by atoms with Crippen LogP contribution in [0.1, 0.15) is 33.4 Å². The summed E-state index contributed by atoms with van der Waals surface area (Å²) in [6.45, 7) is 2.58. The number of amides is 2. The monoisotopic (exact) mass is 377 g/mol. The van der Waals surface area contributed by atoms with Gasteiger partial charge >= 0.3 is 0 Å². The van der Waals surface area contributed by atoms with E-state index in [2.05, 4.69) is 21.4 Å². The molecule has 3 aromatic rings. The number of nitrogens with zero attached hydrogens (tertiary/aromatic N) is 4. The molecule has 2 amide bonds. The van der Waals surface area contributed by atoms with Crippen LogP contribution in [0.15, 0.2) is 30.5 Å². The van der Waals surface area contributed by atoms with Crippen LogP contribution in [0.25, 0.3) is 11.0 Å². The molecule has 27 heavy (non-hydrogen) atoms. The van der Waals surface area contributed by atoms with Crippen LogP contribution in [0.3, 0.4) is 0 Å². The smallest absolute Gasteiger partial charge is 0.276 e. The van der Waals surface area contributed by atoms with Gasteiger partial charge in [0.25, 0.3) is 5.91 Å². The predicted molar refractivity (Wildman–Crippen MR) is 101 cm³/mol. The highest BCUT2D eigenvalue weighted by molar-refractivity contribution is 7.16. The SMILES string of the molecule is CC(=O)N1CCc2c(sc(NC(=O)c3cnc4ccccc4n3)c2C#N)C1. The van der Waals surface area contributed by atoms with Gasteiger partial charge in [-0.2, -0.15) is 5.26 Å². The number of thiophene rings is 1. The van der Waals surface area contributed by atoms with Crippen molar-refractivity contribution >= 4 is 39.2 Å². The zero-order valence-electron chi connectivity index (χ0n) is 14.5. The molecule has 0 saturated carbocycles. The zero-order valence-corrected chi connectivity index (χ0v) is 15.3. The second-order valence-corrected chi connectivity index (χ2v) is 7.31. The number of carbonyl (C=O) groups excluding carboxylic acids is 2. The number of nitrogens with one attached hydrogen (secondary N) is 1. The molecular weight excluding hydrogens is 362 g/mol. The number of nitriles is 1. The lowest BCUT2D eigenvalue weighted by atomic mass is 10.0. The lowest BCUT2D eigenvalue weighted by molar-refractivity contribution is -0.129. The molecule has 1 aliphatic heterocycles. The van der Waals surface area contributed by atoms with Gasteiger partial charge in [0.1, 0.15) is 16.8 Å². The Kier molecular flexibility index (Phi) is 4.30. The average molecular weight is 377 g/mol. The maximum atomic E-state index is 12.6. The summed E-state index contributed by atoms with van der Waals surface area (Å²) in [6, 6.07) is 9.50. The van der Waals surface area contributed by atoms with Crippen molar-refractivity contribution in [2.45, 2.75) is 19.9 Å². The third-order valence-electron chi connectivity index (χ3n) is 4.52. The molecular formula is C19H15N5O2S. The average Bonchev–Trinajstić information content (AvgIpc) is 3.03. The number of benzene rings is 1. The van der Waals surface area contributed by atoms with Crippen LogP contribution in [0.2, 0.25) is 0 Å². The predicted octanol–water partition coefficient (Wildman–Crippen LogP) is 2.72. The van der Waals surface area contributed by atoms with Gasteiger partial charge in [0.15, 0.2) is 0 Å². The summed E-state index contributed by atoms with van der Waals surface area (Å²) >= 11 is 1.34. The van der Waals surface area contributed by atoms with Crippen LogP contribution in [0.5, 0.6) is 0 Å². The molecule has 8 heteroatoms. The van der Waals surface area contributed by atoms with Crippen molar-refractivity contribution in [2.24, 2.45) is 0 Å². The Labute approximate surface area is 159 Å². The maximum absolute atomic E-state index is 12.6. The van der Waals surface area contributed by atoms with E-state index in [1.165, 1.54) is 24.5 Å². The van der Waals surface area contributed by atoms with Gasteiger partial charge in [-0.1, -0.05) is 12.1 Å². The number of carbonyl (C=O) groups is 2. The molecule has 134 valence electrons. The van der Waals surface area contributed by atoms with Crippen LogP contribution < -0.4 is 5.32 Å². The molecule has 3 heterocycles. The summed E-state index contributed by atoms with van der Waals surface area (Å²) in [6.07, 6.45) is 2.04. The van der Waals surface area contributed by atoms with E-state index in [9.17, 15) is 14.9 Å². The molecule has 0 unspecified atom stereocenters. The molecule has 0 bridgehead atoms. The fourth-order valence-corrected chi connectivity index (χ4v) is 4.32. The lowest BCUT2D eigenvalue weighted by Crippen LogP contribution is -2.33. The van der Waals surface area contributed by atoms with Crippen molar-refractivity contribution in [2.75, 3.05) is 11.9 Å². The van der Waals surface area contributed by atoms with Crippen LogP contribution in [0, 0.1) is 11.3 Å². The van der Waals surface area contributed by atoms with Crippen LogP contribution in [-0.4, -0.2) is 33.2 Å². The fraction of sp³-hybridized carbons (Fsp3) is 0.211. The van der Waals surface area contributed by atoms with E-state index >= 15 is 0 Å². The van der Waals surface area contributed by atoms with E-state index in [4.69, 9.17) is 0 Å². The van der Waals surface area contributed by atoms with E-state index in [0.29, 0.717) is 41.1 Å². The summed E-state index contributed by atoms with van der Waals surface area (Å²) in [7, 11) is 0. The third kappa shape index (κ3) is 3.13. The number of fused-ring (bicyclic) bond motifs is 2. The Bertz CT molecular complexity index is 1110. The van der Waals surface area contributed by atoms with Crippen LogP contribution >= 0.6 is 11.3 Å². The van der Waals surface area contributed by atoms with Crippen molar-refractivity contribution < 1.29 is 9.59 Å². The molecule has 2 aromatic heterocycles. The molecule has 4 rings (SSSR count). The summed E-state index contributed by atoms with van der Waals surface area (Å²) in [5.41, 5.74) is 2.92. The second-order valence-electron chi connectivity index (χ2n) is 6.21. The molecule has 0 aliphatic carbocycles. The number of rotatable bonds is 2. The van der Waals surface area contributed by atoms with Gasteiger partial charge in [0.2, 0.25) is 5.91 Å². The topological polar surface area (TPSA) is 99.0 Å². The number of para-hydroxylation sites is 2. The van der Waals surface area contributed by atoms with Crippen molar-refractivity contribution in [1.29, 1.82) is 5.26 Å². The Morgan fingerprint density at radius 3 is 2.81 bits per heavy atom. The van der Waals surface area contributed by atoms with E-state index in [1.807, 2.05) is 18.2 Å². The van der Waals surface area contributed by atoms with Crippen molar-refractivity contribution in [3.05, 3.63) is 52.2 Å². The molecule has 0 fully saturated rings. The Balaban J connectivity index is 1.63. The van der Waals surface area contributed by atoms with E-state index in [0.717, 1.165) is 10.4 Å². The normalized spacial score (nSPS) is 13.1. The van der Waals surface area contributed by atoms with Gasteiger partial charge in [-0.15, -0.1) is 11.3 Å². The summed E-state index contributed by atoms with van der Waals surface area (Å²) < 4.78 is 0. The summed E-state index contributed by atoms with van der Waals surface area (Å²) in [4.78, 5) is 35.5. The fourth-order valence-electron chi connectivity index (χ4n) is 3.11. The molecule has 0 atom stereocenters. The third-order valence-corrected chi connectivity index (χ3v) is 5.65. The van der Waals surface area contributed by atoms with Crippen molar-refractivity contribution in [3.63, 3.8) is 0 Å². The van der Waals surface area contributed by atoms with Gasteiger partial charge < -0.3 is 10.2 Å². The second kappa shape index (κ2) is 6.78. The molecule has 0 radical (unpaired) electrons. The lowest BCUT2D eigenvalue weighted by Gasteiger charge is -2.25. The van der Waals surface area contributed by atoms with E-state index in [-0.39, 0.29) is 11.6 Å². The zero-order chi connectivity index (χ0) is 19.0. The number of aromatic nitrogens is 2. The molecule has 0 spiro atoms. The molecule has 0 saturated heterocycles. The van der Waals surface area contributed by atoms with Gasteiger partial charge in [-0.3, -0.25) is 14.6 Å². The summed E-state index contributed by atoms with van der Waals surface area (Å²) in [5.74, 6) is -0.406. The largest absolute Gasteiger partial charge is 0.337 e. The van der Waals surface area contributed by atoms with E-state index in [1.54, 1.807) is 11.0 Å². The van der Waals surface area contributed by atoms with Crippen LogP contribution in [-0.2, 0) is 17.8 Å². The summed E-state index contributed by atoms with van der Waals surface area (Å²) in [5, 5.41) is 12.8. The quantitative estimate of drug-likeness (QED) is 0.740.